The third kappa shape index (κ3) is 4.08. The minimum atomic E-state index is -0.340. The highest BCUT2D eigenvalue weighted by molar-refractivity contribution is 5.91. The van der Waals surface area contributed by atoms with Gasteiger partial charge in [0.2, 0.25) is 0 Å². The average Bonchev–Trinajstić information content (AvgIpc) is 3.16. The van der Waals surface area contributed by atoms with Gasteiger partial charge < -0.3 is 15.2 Å². The fourth-order valence-electron chi connectivity index (χ4n) is 2.15. The van der Waals surface area contributed by atoms with Crippen LogP contribution < -0.4 is 16.2 Å². The van der Waals surface area contributed by atoms with Gasteiger partial charge >= 0.3 is 0 Å². The van der Waals surface area contributed by atoms with Gasteiger partial charge in [-0.1, -0.05) is 0 Å². The van der Waals surface area contributed by atoms with E-state index in [0.717, 1.165) is 10.5 Å². The first kappa shape index (κ1) is 16.4. The molecular weight excluding hydrogens is 322 g/mol. The Hall–Kier alpha value is -3.49. The minimum Gasteiger partial charge on any atom is -0.368 e. The van der Waals surface area contributed by atoms with Gasteiger partial charge in [-0.05, 0) is 18.2 Å². The number of rotatable bonds is 6. The van der Waals surface area contributed by atoms with Gasteiger partial charge in [0, 0.05) is 44.7 Å². The van der Waals surface area contributed by atoms with E-state index in [2.05, 4.69) is 25.7 Å². The van der Waals surface area contributed by atoms with Gasteiger partial charge in [0.25, 0.3) is 11.5 Å². The summed E-state index contributed by atoms with van der Waals surface area (Å²) in [5.74, 6) is 1.07. The lowest BCUT2D eigenvalue weighted by Gasteiger charge is -2.08. The second-order valence-electron chi connectivity index (χ2n) is 5.21. The van der Waals surface area contributed by atoms with E-state index < -0.39 is 0 Å². The van der Waals surface area contributed by atoms with Gasteiger partial charge in [0.15, 0.2) is 0 Å². The van der Waals surface area contributed by atoms with Crippen molar-refractivity contribution in [1.29, 1.82) is 0 Å². The Morgan fingerprint density at radius 1 is 1.16 bits per heavy atom. The van der Waals surface area contributed by atoms with Crippen LogP contribution in [-0.4, -0.2) is 43.3 Å². The van der Waals surface area contributed by atoms with Crippen LogP contribution in [0.1, 0.15) is 10.5 Å². The summed E-state index contributed by atoms with van der Waals surface area (Å²) in [4.78, 5) is 31.6. The first-order valence-corrected chi connectivity index (χ1v) is 7.65. The van der Waals surface area contributed by atoms with Crippen LogP contribution in [0.3, 0.4) is 0 Å². The van der Waals surface area contributed by atoms with Crippen molar-refractivity contribution < 1.29 is 4.79 Å². The van der Waals surface area contributed by atoms with Gasteiger partial charge in [-0.2, -0.15) is 5.10 Å². The molecule has 128 valence electrons. The highest BCUT2D eigenvalue weighted by atomic mass is 16.2. The molecule has 0 radical (unpaired) electrons. The number of anilines is 1. The fraction of sp³-hybridized carbons (Fsp3) is 0.188. The van der Waals surface area contributed by atoms with Crippen LogP contribution in [0.2, 0.25) is 0 Å². The molecule has 0 fully saturated rings. The van der Waals surface area contributed by atoms with E-state index in [4.69, 9.17) is 0 Å². The minimum absolute atomic E-state index is 0.194. The summed E-state index contributed by atoms with van der Waals surface area (Å²) in [6.45, 7) is 0.867. The Labute approximate surface area is 143 Å². The molecule has 0 aromatic carbocycles. The maximum atomic E-state index is 12.0. The Morgan fingerprint density at radius 2 is 1.96 bits per heavy atom. The Kier molecular flexibility index (Phi) is 4.84. The van der Waals surface area contributed by atoms with Crippen LogP contribution in [-0.2, 0) is 7.05 Å². The molecule has 0 aliphatic heterocycles. The second kappa shape index (κ2) is 7.39. The lowest BCUT2D eigenvalue weighted by Crippen LogP contribution is -2.31. The smallest absolute Gasteiger partial charge is 0.271 e. The fourth-order valence-corrected chi connectivity index (χ4v) is 2.15. The summed E-state index contributed by atoms with van der Waals surface area (Å²) in [6.07, 6.45) is 5.27. The van der Waals surface area contributed by atoms with Crippen LogP contribution in [0.5, 0.6) is 0 Å². The van der Waals surface area contributed by atoms with E-state index in [-0.39, 0.29) is 17.2 Å². The van der Waals surface area contributed by atoms with Crippen LogP contribution in [0, 0.1) is 0 Å². The van der Waals surface area contributed by atoms with Crippen molar-refractivity contribution in [2.45, 2.75) is 0 Å². The number of hydrogen-bond donors (Lipinski definition) is 2. The van der Waals surface area contributed by atoms with Crippen LogP contribution in [0.15, 0.2) is 53.8 Å². The highest BCUT2D eigenvalue weighted by Gasteiger charge is 2.07. The number of carbonyl (C=O) groups is 1. The lowest BCUT2D eigenvalue weighted by atomic mass is 10.3. The molecule has 0 saturated heterocycles. The molecule has 3 aromatic heterocycles. The molecule has 25 heavy (non-hydrogen) atoms. The van der Waals surface area contributed by atoms with Crippen molar-refractivity contribution in [3.05, 3.63) is 65.1 Å². The molecule has 0 atom stereocenters. The van der Waals surface area contributed by atoms with Gasteiger partial charge in [0.1, 0.15) is 23.7 Å². The van der Waals surface area contributed by atoms with E-state index in [1.807, 2.05) is 35.2 Å². The van der Waals surface area contributed by atoms with Gasteiger partial charge in [-0.15, -0.1) is 0 Å². The number of aromatic nitrogens is 5. The summed E-state index contributed by atoms with van der Waals surface area (Å²) in [5, 5.41) is 9.75. The predicted octanol–water partition coefficient (Wildman–Crippen LogP) is 0.203. The Balaban J connectivity index is 1.51. The van der Waals surface area contributed by atoms with Gasteiger partial charge in [0.05, 0.1) is 0 Å². The van der Waals surface area contributed by atoms with E-state index in [0.29, 0.717) is 18.9 Å². The van der Waals surface area contributed by atoms with Crippen LogP contribution in [0.4, 0.5) is 5.82 Å². The largest absolute Gasteiger partial charge is 0.368 e. The van der Waals surface area contributed by atoms with Crippen molar-refractivity contribution in [2.75, 3.05) is 18.4 Å². The average molecular weight is 339 g/mol. The van der Waals surface area contributed by atoms with E-state index in [9.17, 15) is 9.59 Å². The molecule has 0 spiro atoms. The number of hydrogen-bond acceptors (Lipinski definition) is 6. The van der Waals surface area contributed by atoms with Crippen LogP contribution in [0.25, 0.3) is 5.82 Å². The van der Waals surface area contributed by atoms with Crippen molar-refractivity contribution in [2.24, 2.45) is 7.05 Å². The summed E-state index contributed by atoms with van der Waals surface area (Å²) in [7, 11) is 1.50. The topological polar surface area (TPSA) is 107 Å². The third-order valence-corrected chi connectivity index (χ3v) is 3.43. The van der Waals surface area contributed by atoms with Crippen molar-refractivity contribution >= 4 is 11.7 Å². The molecule has 0 aliphatic rings. The molecule has 2 N–H and O–H groups in total. The van der Waals surface area contributed by atoms with Crippen LogP contribution >= 0.6 is 0 Å². The SMILES string of the molecule is Cn1nc(C(=O)NCCNc2cc(-n3cccc3)ncn2)ccc1=O. The third-order valence-electron chi connectivity index (χ3n) is 3.43. The van der Waals surface area contributed by atoms with Crippen molar-refractivity contribution in [1.82, 2.24) is 29.6 Å². The number of amides is 1. The van der Waals surface area contributed by atoms with Crippen molar-refractivity contribution in [3.8, 4) is 5.82 Å². The maximum Gasteiger partial charge on any atom is 0.271 e. The van der Waals surface area contributed by atoms with Gasteiger partial charge in [-0.25, -0.2) is 14.6 Å². The molecule has 9 nitrogen and oxygen atoms in total. The molecule has 1 amide bonds. The molecular formula is C16H17N7O2. The number of nitrogens with zero attached hydrogens (tertiary/aromatic N) is 5. The lowest BCUT2D eigenvalue weighted by molar-refractivity contribution is 0.0948. The first-order valence-electron chi connectivity index (χ1n) is 7.65. The summed E-state index contributed by atoms with van der Waals surface area (Å²) < 4.78 is 3.00. The number of aryl methyl sites for hydroxylation is 1. The highest BCUT2D eigenvalue weighted by Crippen LogP contribution is 2.08. The molecule has 0 aliphatic carbocycles. The molecule has 0 saturated carbocycles. The second-order valence-corrected chi connectivity index (χ2v) is 5.21. The standard InChI is InChI=1S/C16H17N7O2/c1-22-15(24)5-4-12(21-22)16(25)18-7-6-17-13-10-14(20-11-19-13)23-8-2-3-9-23/h2-5,8-11H,6-7H2,1H3,(H,18,25)(H,17,19,20). The molecule has 3 heterocycles. The maximum absolute atomic E-state index is 12.0. The molecule has 0 bridgehead atoms. The predicted molar refractivity (Wildman–Crippen MR) is 91.7 cm³/mol. The van der Waals surface area contributed by atoms with E-state index in [1.54, 1.807) is 0 Å². The zero-order chi connectivity index (χ0) is 17.6. The zero-order valence-electron chi connectivity index (χ0n) is 13.6. The monoisotopic (exact) mass is 339 g/mol. The van der Waals surface area contributed by atoms with Crippen molar-refractivity contribution in [3.63, 3.8) is 0 Å². The molecule has 3 aromatic rings. The molecule has 9 heteroatoms. The summed E-state index contributed by atoms with van der Waals surface area (Å²) in [6, 6.07) is 8.36. The number of nitrogens with one attached hydrogen (secondary N) is 2. The van der Waals surface area contributed by atoms with Gasteiger partial charge in [-0.3, -0.25) is 9.59 Å². The Morgan fingerprint density at radius 3 is 2.72 bits per heavy atom. The normalized spacial score (nSPS) is 10.4. The quantitative estimate of drug-likeness (QED) is 0.622. The zero-order valence-corrected chi connectivity index (χ0v) is 13.6. The first-order chi connectivity index (χ1) is 12.1. The summed E-state index contributed by atoms with van der Waals surface area (Å²) in [5.41, 5.74) is -0.0699. The van der Waals surface area contributed by atoms with E-state index >= 15 is 0 Å². The summed E-state index contributed by atoms with van der Waals surface area (Å²) >= 11 is 0. The Bertz CT molecular complexity index is 918. The molecule has 3 rings (SSSR count). The molecule has 0 unspecified atom stereocenters. The number of carbonyl (C=O) groups excluding carboxylic acids is 1. The van der Waals surface area contributed by atoms with E-state index in [1.165, 1.54) is 25.5 Å².